The second-order valence-corrected chi connectivity index (χ2v) is 8.05. The Kier molecular flexibility index (Phi) is 7.45. The van der Waals surface area contributed by atoms with Gasteiger partial charge in [-0.05, 0) is 94.0 Å². The maximum absolute atomic E-state index is 12.4. The van der Waals surface area contributed by atoms with Crippen molar-refractivity contribution in [1.29, 1.82) is 0 Å². The van der Waals surface area contributed by atoms with E-state index in [0.717, 1.165) is 16.8 Å². The molecular weight excluding hydrogens is 344 g/mol. The first-order valence-electron chi connectivity index (χ1n) is 10.2. The van der Waals surface area contributed by atoms with Crippen LogP contribution in [0.15, 0.2) is 42.0 Å². The number of carbonyl (C=O) groups excluding carboxylic acids is 1. The molecule has 3 nitrogen and oxygen atoms in total. The minimum Gasteiger partial charge on any atom is -0.383 e. The lowest BCUT2D eigenvalue weighted by atomic mass is 9.93. The molecule has 28 heavy (non-hydrogen) atoms. The molecule has 0 fully saturated rings. The third kappa shape index (κ3) is 5.72. The van der Waals surface area contributed by atoms with Crippen LogP contribution in [0.2, 0.25) is 0 Å². The van der Waals surface area contributed by atoms with Gasteiger partial charge in [0, 0.05) is 23.3 Å². The van der Waals surface area contributed by atoms with Gasteiger partial charge in [-0.25, -0.2) is 0 Å². The number of aryl methyl sites for hydroxylation is 2. The lowest BCUT2D eigenvalue weighted by Gasteiger charge is -2.14. The number of carbonyl (C=O) groups is 1. The summed E-state index contributed by atoms with van der Waals surface area (Å²) in [6, 6.07) is 13.5. The third-order valence-electron chi connectivity index (χ3n) is 4.69. The zero-order valence-corrected chi connectivity index (χ0v) is 18.3. The standard InChI is InChI=1S/C25H34N2O/c1-8-20(25(28)27-17(4)5)15-22-13-19(7)24(14-18(22)6)21-9-11-23(12-10-21)26-16(2)3/h9-17,26H,8H2,1-7H3,(H,27,28). The molecule has 0 aliphatic rings. The van der Waals surface area contributed by atoms with E-state index in [9.17, 15) is 4.79 Å². The summed E-state index contributed by atoms with van der Waals surface area (Å²) in [5.41, 5.74) is 7.88. The van der Waals surface area contributed by atoms with E-state index in [1.807, 2.05) is 26.8 Å². The van der Waals surface area contributed by atoms with Gasteiger partial charge in [-0.15, -0.1) is 0 Å². The summed E-state index contributed by atoms with van der Waals surface area (Å²) in [6.07, 6.45) is 2.74. The number of hydrogen-bond acceptors (Lipinski definition) is 2. The lowest BCUT2D eigenvalue weighted by molar-refractivity contribution is -0.118. The molecule has 150 valence electrons. The molecule has 0 heterocycles. The second-order valence-electron chi connectivity index (χ2n) is 8.05. The minimum atomic E-state index is 0.0203. The van der Waals surface area contributed by atoms with Crippen molar-refractivity contribution >= 4 is 17.7 Å². The fourth-order valence-electron chi connectivity index (χ4n) is 3.26. The maximum atomic E-state index is 12.4. The average molecular weight is 379 g/mol. The van der Waals surface area contributed by atoms with Crippen molar-refractivity contribution in [3.8, 4) is 11.1 Å². The Hall–Kier alpha value is -2.55. The van der Waals surface area contributed by atoms with Gasteiger partial charge >= 0.3 is 0 Å². The van der Waals surface area contributed by atoms with Gasteiger partial charge in [0.25, 0.3) is 0 Å². The van der Waals surface area contributed by atoms with Gasteiger partial charge in [-0.1, -0.05) is 31.2 Å². The molecule has 1 amide bonds. The topological polar surface area (TPSA) is 41.1 Å². The highest BCUT2D eigenvalue weighted by Gasteiger charge is 2.11. The normalized spacial score (nSPS) is 11.8. The molecule has 0 saturated carbocycles. The molecule has 3 heteroatoms. The summed E-state index contributed by atoms with van der Waals surface area (Å²) in [6.45, 7) is 14.5. The Bertz CT molecular complexity index is 846. The molecular formula is C25H34N2O. The average Bonchev–Trinajstić information content (AvgIpc) is 2.61. The van der Waals surface area contributed by atoms with Gasteiger partial charge in [-0.2, -0.15) is 0 Å². The Balaban J connectivity index is 2.34. The van der Waals surface area contributed by atoms with E-state index >= 15 is 0 Å². The van der Waals surface area contributed by atoms with Gasteiger partial charge in [0.05, 0.1) is 0 Å². The first-order chi connectivity index (χ1) is 13.2. The molecule has 0 aliphatic carbocycles. The molecule has 0 aliphatic heterocycles. The monoisotopic (exact) mass is 378 g/mol. The highest BCUT2D eigenvalue weighted by molar-refractivity contribution is 5.98. The zero-order chi connectivity index (χ0) is 20.8. The summed E-state index contributed by atoms with van der Waals surface area (Å²) in [5.74, 6) is 0.0203. The number of anilines is 1. The van der Waals surface area contributed by atoms with Gasteiger partial charge in [0.1, 0.15) is 0 Å². The van der Waals surface area contributed by atoms with Crippen molar-refractivity contribution in [2.45, 2.75) is 67.0 Å². The molecule has 2 aromatic rings. The van der Waals surface area contributed by atoms with Crippen LogP contribution in [-0.2, 0) is 4.79 Å². The molecule has 0 spiro atoms. The highest BCUT2D eigenvalue weighted by atomic mass is 16.1. The van der Waals surface area contributed by atoms with Crippen LogP contribution in [0.5, 0.6) is 0 Å². The van der Waals surface area contributed by atoms with Crippen LogP contribution in [0.25, 0.3) is 17.2 Å². The molecule has 0 bridgehead atoms. The lowest BCUT2D eigenvalue weighted by Crippen LogP contribution is -2.31. The number of nitrogens with one attached hydrogen (secondary N) is 2. The number of amides is 1. The van der Waals surface area contributed by atoms with E-state index in [0.29, 0.717) is 12.5 Å². The highest BCUT2D eigenvalue weighted by Crippen LogP contribution is 2.29. The predicted octanol–water partition coefficient (Wildman–Crippen LogP) is 6.11. The van der Waals surface area contributed by atoms with Crippen molar-refractivity contribution in [2.24, 2.45) is 0 Å². The van der Waals surface area contributed by atoms with Crippen molar-refractivity contribution in [2.75, 3.05) is 5.32 Å². The van der Waals surface area contributed by atoms with Crippen LogP contribution < -0.4 is 10.6 Å². The van der Waals surface area contributed by atoms with Gasteiger partial charge in [0.15, 0.2) is 0 Å². The quantitative estimate of drug-likeness (QED) is 0.571. The smallest absolute Gasteiger partial charge is 0.247 e. The van der Waals surface area contributed by atoms with E-state index in [-0.39, 0.29) is 11.9 Å². The van der Waals surface area contributed by atoms with Crippen LogP contribution in [0, 0.1) is 13.8 Å². The first kappa shape index (κ1) is 21.7. The van der Waals surface area contributed by atoms with E-state index < -0.39 is 0 Å². The number of rotatable bonds is 7. The third-order valence-corrected chi connectivity index (χ3v) is 4.69. The van der Waals surface area contributed by atoms with Crippen molar-refractivity contribution in [1.82, 2.24) is 5.32 Å². The van der Waals surface area contributed by atoms with Crippen LogP contribution >= 0.6 is 0 Å². The maximum Gasteiger partial charge on any atom is 0.247 e. The summed E-state index contributed by atoms with van der Waals surface area (Å²) in [7, 11) is 0. The second kappa shape index (κ2) is 9.59. The molecule has 0 atom stereocenters. The predicted molar refractivity (Wildman–Crippen MR) is 122 cm³/mol. The summed E-state index contributed by atoms with van der Waals surface area (Å²) in [5, 5.41) is 6.42. The van der Waals surface area contributed by atoms with E-state index in [4.69, 9.17) is 0 Å². The van der Waals surface area contributed by atoms with Gasteiger partial charge in [-0.3, -0.25) is 4.79 Å². The van der Waals surface area contributed by atoms with Crippen molar-refractivity contribution in [3.63, 3.8) is 0 Å². The molecule has 2 rings (SSSR count). The van der Waals surface area contributed by atoms with Crippen LogP contribution in [0.1, 0.15) is 57.7 Å². The number of benzene rings is 2. The summed E-state index contributed by atoms with van der Waals surface area (Å²) in [4.78, 5) is 12.4. The number of hydrogen-bond donors (Lipinski definition) is 2. The Morgan fingerprint density at radius 1 is 0.964 bits per heavy atom. The van der Waals surface area contributed by atoms with E-state index in [1.54, 1.807) is 0 Å². The van der Waals surface area contributed by atoms with E-state index in [1.165, 1.54) is 22.3 Å². The van der Waals surface area contributed by atoms with Crippen molar-refractivity contribution < 1.29 is 4.79 Å². The fourth-order valence-corrected chi connectivity index (χ4v) is 3.26. The molecule has 0 unspecified atom stereocenters. The molecule has 2 N–H and O–H groups in total. The molecule has 2 aromatic carbocycles. The van der Waals surface area contributed by atoms with Gasteiger partial charge < -0.3 is 10.6 Å². The Morgan fingerprint density at radius 3 is 2.14 bits per heavy atom. The SMILES string of the molecule is CCC(=Cc1cc(C)c(-c2ccc(NC(C)C)cc2)cc1C)C(=O)NC(C)C. The Labute approximate surface area is 170 Å². The molecule has 0 radical (unpaired) electrons. The molecule has 0 aromatic heterocycles. The van der Waals surface area contributed by atoms with Crippen LogP contribution in [0.4, 0.5) is 5.69 Å². The summed E-state index contributed by atoms with van der Waals surface area (Å²) >= 11 is 0. The minimum absolute atomic E-state index is 0.0203. The van der Waals surface area contributed by atoms with Crippen LogP contribution in [0.3, 0.4) is 0 Å². The van der Waals surface area contributed by atoms with E-state index in [2.05, 4.69) is 74.7 Å². The van der Waals surface area contributed by atoms with Crippen LogP contribution in [-0.4, -0.2) is 18.0 Å². The summed E-state index contributed by atoms with van der Waals surface area (Å²) < 4.78 is 0. The Morgan fingerprint density at radius 2 is 1.61 bits per heavy atom. The first-order valence-corrected chi connectivity index (χ1v) is 10.2. The zero-order valence-electron chi connectivity index (χ0n) is 18.3. The van der Waals surface area contributed by atoms with Crippen molar-refractivity contribution in [3.05, 3.63) is 58.7 Å². The fraction of sp³-hybridized carbons (Fsp3) is 0.400. The largest absolute Gasteiger partial charge is 0.383 e. The van der Waals surface area contributed by atoms with Gasteiger partial charge in [0.2, 0.25) is 5.91 Å². The molecule has 0 saturated heterocycles.